The van der Waals surface area contributed by atoms with Crippen LogP contribution in [0.2, 0.25) is 0 Å². The molecule has 19 heavy (non-hydrogen) atoms. The van der Waals surface area contributed by atoms with Crippen LogP contribution in [-0.4, -0.2) is 23.5 Å². The summed E-state index contributed by atoms with van der Waals surface area (Å²) in [6.45, 7) is 0.486. The Labute approximate surface area is 114 Å². The van der Waals surface area contributed by atoms with E-state index in [0.717, 1.165) is 5.56 Å². The zero-order valence-electron chi connectivity index (χ0n) is 10.1. The zero-order chi connectivity index (χ0) is 13.7. The van der Waals surface area contributed by atoms with Gasteiger partial charge >= 0.3 is 5.97 Å². The summed E-state index contributed by atoms with van der Waals surface area (Å²) in [7, 11) is 0. The fourth-order valence-electron chi connectivity index (χ4n) is 1.68. The first-order valence-electron chi connectivity index (χ1n) is 5.81. The number of hydrogen-bond acceptors (Lipinski definition) is 3. The van der Waals surface area contributed by atoms with Crippen LogP contribution in [0.1, 0.15) is 25.6 Å². The molecule has 0 aliphatic carbocycles. The van der Waals surface area contributed by atoms with E-state index in [1.807, 2.05) is 17.5 Å². The number of carboxylic acids is 1. The van der Waals surface area contributed by atoms with Gasteiger partial charge < -0.3 is 10.4 Å². The summed E-state index contributed by atoms with van der Waals surface area (Å²) < 4.78 is 0. The Hall–Kier alpha value is -2.14. The average molecular weight is 275 g/mol. The highest BCUT2D eigenvalue weighted by Crippen LogP contribution is 2.08. The Kier molecular flexibility index (Phi) is 4.30. The fourth-order valence-corrected chi connectivity index (χ4v) is 2.32. The molecule has 4 nitrogen and oxygen atoms in total. The molecule has 0 fully saturated rings. The monoisotopic (exact) mass is 275 g/mol. The molecule has 0 radical (unpaired) electrons. The Morgan fingerprint density at radius 2 is 2.05 bits per heavy atom. The number of benzene rings is 1. The molecule has 0 saturated carbocycles. The molecule has 0 aliphatic heterocycles. The van der Waals surface area contributed by atoms with Gasteiger partial charge in [0.25, 0.3) is 5.91 Å². The molecule has 0 spiro atoms. The van der Waals surface area contributed by atoms with E-state index < -0.39 is 5.97 Å². The maximum absolute atomic E-state index is 11.7. The van der Waals surface area contributed by atoms with E-state index in [2.05, 4.69) is 5.32 Å². The topological polar surface area (TPSA) is 66.4 Å². The van der Waals surface area contributed by atoms with E-state index >= 15 is 0 Å². The van der Waals surface area contributed by atoms with E-state index in [0.29, 0.717) is 17.8 Å². The Balaban J connectivity index is 1.87. The van der Waals surface area contributed by atoms with Crippen LogP contribution in [0, 0.1) is 0 Å². The van der Waals surface area contributed by atoms with E-state index in [1.54, 1.807) is 24.3 Å². The van der Waals surface area contributed by atoms with Crippen LogP contribution in [0.15, 0.2) is 41.8 Å². The molecule has 2 rings (SSSR count). The predicted molar refractivity (Wildman–Crippen MR) is 73.8 cm³/mol. The molecule has 0 unspecified atom stereocenters. The number of rotatable bonds is 5. The van der Waals surface area contributed by atoms with E-state index in [4.69, 9.17) is 5.11 Å². The van der Waals surface area contributed by atoms with Crippen molar-refractivity contribution in [2.24, 2.45) is 0 Å². The molecule has 0 atom stereocenters. The van der Waals surface area contributed by atoms with Gasteiger partial charge in [0.1, 0.15) is 0 Å². The highest BCUT2D eigenvalue weighted by molar-refractivity contribution is 7.12. The first-order chi connectivity index (χ1) is 9.16. The molecule has 0 saturated heterocycles. The lowest BCUT2D eigenvalue weighted by molar-refractivity contribution is 0.0696. The molecule has 1 aromatic carbocycles. The lowest BCUT2D eigenvalue weighted by Gasteiger charge is -2.04. The van der Waals surface area contributed by atoms with Crippen molar-refractivity contribution < 1.29 is 14.7 Å². The molecular weight excluding hydrogens is 262 g/mol. The molecule has 1 aromatic heterocycles. The SMILES string of the molecule is O=C(O)c1cccc(CCNC(=O)c2cccs2)c1. The van der Waals surface area contributed by atoms with Gasteiger partial charge in [0.15, 0.2) is 0 Å². The van der Waals surface area contributed by atoms with Crippen molar-refractivity contribution in [3.8, 4) is 0 Å². The summed E-state index contributed by atoms with van der Waals surface area (Å²) in [5.74, 6) is -1.03. The van der Waals surface area contributed by atoms with Gasteiger partial charge in [0, 0.05) is 6.54 Å². The second kappa shape index (κ2) is 6.15. The molecule has 98 valence electrons. The molecule has 1 amide bonds. The van der Waals surface area contributed by atoms with Crippen molar-refractivity contribution in [2.75, 3.05) is 6.54 Å². The minimum Gasteiger partial charge on any atom is -0.478 e. The van der Waals surface area contributed by atoms with Gasteiger partial charge in [-0.25, -0.2) is 4.79 Å². The smallest absolute Gasteiger partial charge is 0.335 e. The van der Waals surface area contributed by atoms with Crippen molar-refractivity contribution in [1.82, 2.24) is 5.32 Å². The molecular formula is C14H13NO3S. The summed E-state index contributed by atoms with van der Waals surface area (Å²) in [5, 5.41) is 13.5. The largest absolute Gasteiger partial charge is 0.478 e. The number of aromatic carboxylic acids is 1. The van der Waals surface area contributed by atoms with Crippen molar-refractivity contribution >= 4 is 23.2 Å². The van der Waals surface area contributed by atoms with Gasteiger partial charge in [0.05, 0.1) is 10.4 Å². The predicted octanol–water partition coefficient (Wildman–Crippen LogP) is 2.42. The Morgan fingerprint density at radius 1 is 1.21 bits per heavy atom. The van der Waals surface area contributed by atoms with Gasteiger partial charge in [-0.05, 0) is 35.6 Å². The van der Waals surface area contributed by atoms with Crippen LogP contribution in [-0.2, 0) is 6.42 Å². The van der Waals surface area contributed by atoms with Crippen molar-refractivity contribution in [1.29, 1.82) is 0 Å². The zero-order valence-corrected chi connectivity index (χ0v) is 10.9. The normalized spacial score (nSPS) is 10.1. The molecule has 0 bridgehead atoms. The molecule has 2 aromatic rings. The summed E-state index contributed by atoms with van der Waals surface area (Å²) in [5.41, 5.74) is 1.16. The van der Waals surface area contributed by atoms with Crippen LogP contribution in [0.5, 0.6) is 0 Å². The fraction of sp³-hybridized carbons (Fsp3) is 0.143. The number of carbonyl (C=O) groups excluding carboxylic acids is 1. The van der Waals surface area contributed by atoms with Gasteiger partial charge in [0.2, 0.25) is 0 Å². The Bertz CT molecular complexity index is 578. The third-order valence-electron chi connectivity index (χ3n) is 2.62. The number of hydrogen-bond donors (Lipinski definition) is 2. The Morgan fingerprint density at radius 3 is 2.74 bits per heavy atom. The third-order valence-corrected chi connectivity index (χ3v) is 3.49. The third kappa shape index (κ3) is 3.66. The summed E-state index contributed by atoms with van der Waals surface area (Å²) in [4.78, 5) is 23.2. The number of amides is 1. The maximum atomic E-state index is 11.7. The van der Waals surface area contributed by atoms with Gasteiger partial charge in [-0.2, -0.15) is 0 Å². The quantitative estimate of drug-likeness (QED) is 0.880. The highest BCUT2D eigenvalue weighted by Gasteiger charge is 2.06. The summed E-state index contributed by atoms with van der Waals surface area (Å²) >= 11 is 1.39. The standard InChI is InChI=1S/C14H13NO3S/c16-13(12-5-2-8-19-12)15-7-6-10-3-1-4-11(9-10)14(17)18/h1-5,8-9H,6-7H2,(H,15,16)(H,17,18). The van der Waals surface area contributed by atoms with Crippen molar-refractivity contribution in [2.45, 2.75) is 6.42 Å². The van der Waals surface area contributed by atoms with E-state index in [1.165, 1.54) is 11.3 Å². The lowest BCUT2D eigenvalue weighted by atomic mass is 10.1. The molecule has 5 heteroatoms. The molecule has 2 N–H and O–H groups in total. The molecule has 0 aliphatic rings. The highest BCUT2D eigenvalue weighted by atomic mass is 32.1. The minimum atomic E-state index is -0.940. The second-order valence-corrected chi connectivity index (χ2v) is 4.94. The first kappa shape index (κ1) is 13.3. The van der Waals surface area contributed by atoms with E-state index in [-0.39, 0.29) is 11.5 Å². The van der Waals surface area contributed by atoms with Gasteiger partial charge in [-0.15, -0.1) is 11.3 Å². The number of carboxylic acid groups (broad SMARTS) is 1. The number of carbonyl (C=O) groups is 2. The van der Waals surface area contributed by atoms with Crippen LogP contribution < -0.4 is 5.32 Å². The maximum Gasteiger partial charge on any atom is 0.335 e. The second-order valence-electron chi connectivity index (χ2n) is 3.99. The van der Waals surface area contributed by atoms with Gasteiger partial charge in [-0.1, -0.05) is 18.2 Å². The van der Waals surface area contributed by atoms with Gasteiger partial charge in [-0.3, -0.25) is 4.79 Å². The van der Waals surface area contributed by atoms with Crippen molar-refractivity contribution in [3.63, 3.8) is 0 Å². The minimum absolute atomic E-state index is 0.0932. The van der Waals surface area contributed by atoms with Crippen LogP contribution in [0.3, 0.4) is 0 Å². The average Bonchev–Trinajstić information content (AvgIpc) is 2.93. The number of nitrogens with one attached hydrogen (secondary N) is 1. The first-order valence-corrected chi connectivity index (χ1v) is 6.69. The molecule has 1 heterocycles. The summed E-state index contributed by atoms with van der Waals surface area (Å²) in [6, 6.07) is 10.3. The van der Waals surface area contributed by atoms with Crippen LogP contribution in [0.25, 0.3) is 0 Å². The van der Waals surface area contributed by atoms with E-state index in [9.17, 15) is 9.59 Å². The van der Waals surface area contributed by atoms with Crippen LogP contribution >= 0.6 is 11.3 Å². The van der Waals surface area contributed by atoms with Crippen molar-refractivity contribution in [3.05, 3.63) is 57.8 Å². The number of thiophene rings is 1. The summed E-state index contributed by atoms with van der Waals surface area (Å²) in [6.07, 6.45) is 0.609. The van der Waals surface area contributed by atoms with Crippen LogP contribution in [0.4, 0.5) is 0 Å². The lowest BCUT2D eigenvalue weighted by Crippen LogP contribution is -2.24.